The van der Waals surface area contributed by atoms with E-state index in [0.29, 0.717) is 13.0 Å². The molecule has 5 nitrogen and oxygen atoms in total. The molecule has 2 rings (SSSR count). The quantitative estimate of drug-likeness (QED) is 0.750. The zero-order valence-corrected chi connectivity index (χ0v) is 10.2. The highest BCUT2D eigenvalue weighted by atomic mass is 16.2. The van der Waals surface area contributed by atoms with Crippen molar-refractivity contribution in [2.75, 3.05) is 19.6 Å². The lowest BCUT2D eigenvalue weighted by Crippen LogP contribution is -2.45. The van der Waals surface area contributed by atoms with Gasteiger partial charge in [-0.15, -0.1) is 0 Å². The van der Waals surface area contributed by atoms with Crippen molar-refractivity contribution in [3.63, 3.8) is 0 Å². The minimum atomic E-state index is 0.0213. The van der Waals surface area contributed by atoms with E-state index in [-0.39, 0.29) is 18.0 Å². The molecule has 0 aromatic carbocycles. The molecule has 5 heteroatoms. The number of nitrogens with zero attached hydrogens (tertiary/aromatic N) is 1. The predicted molar refractivity (Wildman–Crippen MR) is 64.6 cm³/mol. The average molecular weight is 239 g/mol. The first-order valence-electron chi connectivity index (χ1n) is 6.58. The monoisotopic (exact) mass is 239 g/mol. The Labute approximate surface area is 102 Å². The highest BCUT2D eigenvalue weighted by Gasteiger charge is 2.22. The van der Waals surface area contributed by atoms with Crippen molar-refractivity contribution >= 4 is 11.9 Å². The molecule has 2 aliphatic heterocycles. The number of urea groups is 1. The van der Waals surface area contributed by atoms with Crippen LogP contribution in [0.5, 0.6) is 0 Å². The van der Waals surface area contributed by atoms with Crippen LogP contribution < -0.4 is 10.6 Å². The second-order valence-corrected chi connectivity index (χ2v) is 4.89. The van der Waals surface area contributed by atoms with Gasteiger partial charge in [0.1, 0.15) is 0 Å². The lowest BCUT2D eigenvalue weighted by Gasteiger charge is -2.22. The summed E-state index contributed by atoms with van der Waals surface area (Å²) in [4.78, 5) is 24.8. The summed E-state index contributed by atoms with van der Waals surface area (Å²) in [5.74, 6) is 0.0963. The van der Waals surface area contributed by atoms with Gasteiger partial charge in [0.25, 0.3) is 0 Å². The van der Waals surface area contributed by atoms with Crippen molar-refractivity contribution in [3.05, 3.63) is 0 Å². The summed E-state index contributed by atoms with van der Waals surface area (Å²) in [6.45, 7) is 2.28. The van der Waals surface area contributed by atoms with E-state index in [9.17, 15) is 9.59 Å². The number of amides is 3. The molecule has 0 radical (unpaired) electrons. The molecule has 0 aromatic heterocycles. The van der Waals surface area contributed by atoms with E-state index in [1.165, 1.54) is 12.8 Å². The van der Waals surface area contributed by atoms with Crippen LogP contribution in [0.3, 0.4) is 0 Å². The molecule has 3 amide bonds. The van der Waals surface area contributed by atoms with Crippen LogP contribution in [0.15, 0.2) is 0 Å². The van der Waals surface area contributed by atoms with Gasteiger partial charge >= 0.3 is 6.03 Å². The molecule has 0 bridgehead atoms. The van der Waals surface area contributed by atoms with Crippen LogP contribution in [0.25, 0.3) is 0 Å². The zero-order chi connectivity index (χ0) is 12.1. The van der Waals surface area contributed by atoms with Crippen molar-refractivity contribution in [2.45, 2.75) is 44.6 Å². The van der Waals surface area contributed by atoms with E-state index in [4.69, 9.17) is 0 Å². The number of hydrogen-bond donors (Lipinski definition) is 2. The van der Waals surface area contributed by atoms with Gasteiger partial charge in [-0.1, -0.05) is 12.8 Å². The lowest BCUT2D eigenvalue weighted by molar-refractivity contribution is -0.119. The first kappa shape index (κ1) is 12.2. The van der Waals surface area contributed by atoms with Gasteiger partial charge in [-0.3, -0.25) is 4.79 Å². The normalized spacial score (nSPS) is 25.3. The van der Waals surface area contributed by atoms with Crippen molar-refractivity contribution < 1.29 is 9.59 Å². The second-order valence-electron chi connectivity index (χ2n) is 4.89. The Kier molecular flexibility index (Phi) is 4.23. The summed E-state index contributed by atoms with van der Waals surface area (Å²) in [5, 5.41) is 5.77. The summed E-state index contributed by atoms with van der Waals surface area (Å²) in [6.07, 6.45) is 6.08. The van der Waals surface area contributed by atoms with E-state index >= 15 is 0 Å². The fourth-order valence-electron chi connectivity index (χ4n) is 2.43. The molecule has 2 heterocycles. The SMILES string of the molecule is O=C1CCC(CNC(=O)N2CCCCCC2)N1. The van der Waals surface area contributed by atoms with Gasteiger partial charge < -0.3 is 15.5 Å². The van der Waals surface area contributed by atoms with Gasteiger partial charge in [0.05, 0.1) is 0 Å². The van der Waals surface area contributed by atoms with Crippen molar-refractivity contribution in [1.82, 2.24) is 15.5 Å². The third-order valence-electron chi connectivity index (χ3n) is 3.48. The van der Waals surface area contributed by atoms with Gasteiger partial charge in [0.2, 0.25) is 5.91 Å². The van der Waals surface area contributed by atoms with Gasteiger partial charge in [-0.25, -0.2) is 4.79 Å². The minimum absolute atomic E-state index is 0.0213. The van der Waals surface area contributed by atoms with E-state index in [2.05, 4.69) is 10.6 Å². The molecule has 17 heavy (non-hydrogen) atoms. The van der Waals surface area contributed by atoms with E-state index in [1.807, 2.05) is 4.90 Å². The van der Waals surface area contributed by atoms with Crippen molar-refractivity contribution in [3.8, 4) is 0 Å². The van der Waals surface area contributed by atoms with Gasteiger partial charge in [-0.05, 0) is 19.3 Å². The van der Waals surface area contributed by atoms with E-state index in [0.717, 1.165) is 32.4 Å². The first-order valence-corrected chi connectivity index (χ1v) is 6.58. The van der Waals surface area contributed by atoms with Crippen LogP contribution in [-0.2, 0) is 4.79 Å². The Morgan fingerprint density at radius 3 is 2.59 bits per heavy atom. The number of nitrogens with one attached hydrogen (secondary N) is 2. The molecule has 2 aliphatic rings. The Balaban J connectivity index is 1.70. The molecular weight excluding hydrogens is 218 g/mol. The fraction of sp³-hybridized carbons (Fsp3) is 0.833. The number of likely N-dealkylation sites (tertiary alicyclic amines) is 1. The molecule has 0 aromatic rings. The molecule has 1 atom stereocenters. The largest absolute Gasteiger partial charge is 0.352 e. The maximum absolute atomic E-state index is 11.9. The molecule has 2 fully saturated rings. The van der Waals surface area contributed by atoms with Crippen molar-refractivity contribution in [1.29, 1.82) is 0 Å². The second kappa shape index (κ2) is 5.89. The van der Waals surface area contributed by atoms with Crippen LogP contribution in [0.1, 0.15) is 38.5 Å². The van der Waals surface area contributed by atoms with Gasteiger partial charge in [0, 0.05) is 32.1 Å². The Morgan fingerprint density at radius 1 is 1.29 bits per heavy atom. The number of rotatable bonds is 2. The minimum Gasteiger partial charge on any atom is -0.352 e. The molecule has 2 N–H and O–H groups in total. The molecule has 1 unspecified atom stereocenters. The number of carbonyl (C=O) groups excluding carboxylic acids is 2. The summed E-state index contributed by atoms with van der Waals surface area (Å²) in [6, 6.07) is 0.145. The molecule has 0 aliphatic carbocycles. The summed E-state index contributed by atoms with van der Waals surface area (Å²) < 4.78 is 0. The maximum atomic E-state index is 11.9. The summed E-state index contributed by atoms with van der Waals surface area (Å²) in [7, 11) is 0. The predicted octanol–water partition coefficient (Wildman–Crippen LogP) is 0.851. The van der Waals surface area contributed by atoms with Gasteiger partial charge in [0.15, 0.2) is 0 Å². The smallest absolute Gasteiger partial charge is 0.317 e. The summed E-state index contributed by atoms with van der Waals surface area (Å²) >= 11 is 0. The average Bonchev–Trinajstić information content (AvgIpc) is 2.58. The zero-order valence-electron chi connectivity index (χ0n) is 10.2. The Hall–Kier alpha value is -1.26. The van der Waals surface area contributed by atoms with Crippen LogP contribution in [-0.4, -0.2) is 42.5 Å². The Morgan fingerprint density at radius 2 is 2.00 bits per heavy atom. The lowest BCUT2D eigenvalue weighted by atomic mass is 10.2. The molecule has 0 saturated carbocycles. The van der Waals surface area contributed by atoms with Crippen molar-refractivity contribution in [2.24, 2.45) is 0 Å². The number of hydrogen-bond acceptors (Lipinski definition) is 2. The van der Waals surface area contributed by atoms with Gasteiger partial charge in [-0.2, -0.15) is 0 Å². The third kappa shape index (κ3) is 3.61. The third-order valence-corrected chi connectivity index (χ3v) is 3.48. The summed E-state index contributed by atoms with van der Waals surface area (Å²) in [5.41, 5.74) is 0. The maximum Gasteiger partial charge on any atom is 0.317 e. The first-order chi connectivity index (χ1) is 8.25. The van der Waals surface area contributed by atoms with E-state index < -0.39 is 0 Å². The molecule has 96 valence electrons. The Bertz CT molecular complexity index is 285. The van der Waals surface area contributed by atoms with Crippen LogP contribution in [0.2, 0.25) is 0 Å². The highest BCUT2D eigenvalue weighted by molar-refractivity contribution is 5.79. The topological polar surface area (TPSA) is 61.4 Å². The molecule has 2 saturated heterocycles. The van der Waals surface area contributed by atoms with Crippen LogP contribution in [0, 0.1) is 0 Å². The number of carbonyl (C=O) groups is 2. The fourth-order valence-corrected chi connectivity index (χ4v) is 2.43. The standard InChI is InChI=1S/C12H21N3O2/c16-11-6-5-10(14-11)9-13-12(17)15-7-3-1-2-4-8-15/h10H,1-9H2,(H,13,17)(H,14,16). The molecule has 0 spiro atoms. The van der Waals surface area contributed by atoms with Crippen LogP contribution in [0.4, 0.5) is 4.79 Å². The molecular formula is C12H21N3O2. The van der Waals surface area contributed by atoms with Crippen LogP contribution >= 0.6 is 0 Å². The van der Waals surface area contributed by atoms with E-state index in [1.54, 1.807) is 0 Å². The highest BCUT2D eigenvalue weighted by Crippen LogP contribution is 2.10.